The van der Waals surface area contributed by atoms with E-state index in [1.54, 1.807) is 37.5 Å². The third-order valence-corrected chi connectivity index (χ3v) is 10.1. The van der Waals surface area contributed by atoms with Gasteiger partial charge in [-0.05, 0) is 98.2 Å². The van der Waals surface area contributed by atoms with Gasteiger partial charge in [0.2, 0.25) is 0 Å². The van der Waals surface area contributed by atoms with E-state index in [1.165, 1.54) is 89.2 Å². The molecule has 0 atom stereocenters. The second-order valence-corrected chi connectivity index (χ2v) is 15.0. The van der Waals surface area contributed by atoms with E-state index in [0.717, 1.165) is 78.6 Å². The minimum atomic E-state index is -0.850. The summed E-state index contributed by atoms with van der Waals surface area (Å²) in [6.07, 6.45) is 25.4. The number of para-hydroxylation sites is 1. The third kappa shape index (κ3) is 23.4. The fourth-order valence-corrected chi connectivity index (χ4v) is 6.39. The Morgan fingerprint density at radius 1 is 0.661 bits per heavy atom. The number of rotatable bonds is 26. The van der Waals surface area contributed by atoms with Crippen molar-refractivity contribution in [3.63, 3.8) is 0 Å². The summed E-state index contributed by atoms with van der Waals surface area (Å²) < 4.78 is 15.4. The number of aryl methyl sites for hydroxylation is 1. The van der Waals surface area contributed by atoms with Crippen LogP contribution in [0.1, 0.15) is 179 Å². The first kappa shape index (κ1) is 52.2. The number of hydrogen-bond acceptors (Lipinski definition) is 8. The molecule has 0 aliphatic rings. The van der Waals surface area contributed by atoms with Crippen LogP contribution < -0.4 is 10.5 Å². The van der Waals surface area contributed by atoms with E-state index in [4.69, 9.17) is 19.9 Å². The lowest BCUT2D eigenvalue weighted by Crippen LogP contribution is -2.08. The normalized spacial score (nSPS) is 10.6. The van der Waals surface area contributed by atoms with Crippen molar-refractivity contribution in [3.05, 3.63) is 94.1 Å². The van der Waals surface area contributed by atoms with Crippen molar-refractivity contribution in [2.45, 2.75) is 157 Å². The van der Waals surface area contributed by atoms with Crippen molar-refractivity contribution in [1.29, 1.82) is 0 Å². The Hall–Kier alpha value is -4.79. The number of nitrogen functional groups attached to an aromatic ring is 1. The fourth-order valence-electron chi connectivity index (χ4n) is 6.39. The van der Waals surface area contributed by atoms with Crippen LogP contribution in [0.5, 0.6) is 11.5 Å². The number of methoxy groups -OCH3 is 1. The Morgan fingerprint density at radius 3 is 1.69 bits per heavy atom. The smallest absolute Gasteiger partial charge is 0.341 e. The van der Waals surface area contributed by atoms with Gasteiger partial charge in [-0.15, -0.1) is 0 Å². The zero-order chi connectivity index (χ0) is 43.7. The highest BCUT2D eigenvalue weighted by Gasteiger charge is 2.16. The second-order valence-electron chi connectivity index (χ2n) is 15.0. The number of phenols is 1. The average Bonchev–Trinajstić information content (AvgIpc) is 3.23. The highest BCUT2D eigenvalue weighted by molar-refractivity contribution is 5.92. The molecule has 0 heterocycles. The first-order valence-electron chi connectivity index (χ1n) is 22.1. The van der Waals surface area contributed by atoms with Gasteiger partial charge in [0.05, 0.1) is 25.9 Å². The van der Waals surface area contributed by atoms with Gasteiger partial charge >= 0.3 is 17.9 Å². The van der Waals surface area contributed by atoms with Crippen LogP contribution in [0.15, 0.2) is 60.7 Å². The number of benzene rings is 3. The maximum atomic E-state index is 11.6. The van der Waals surface area contributed by atoms with Crippen LogP contribution in [0.4, 0.5) is 5.69 Å². The van der Waals surface area contributed by atoms with E-state index in [1.807, 2.05) is 38.1 Å². The third-order valence-electron chi connectivity index (χ3n) is 10.1. The number of aromatic hydroxyl groups is 1. The molecule has 0 fully saturated rings. The Bertz CT molecular complexity index is 1630. The molecule has 0 radical (unpaired) electrons. The van der Waals surface area contributed by atoms with Crippen LogP contribution >= 0.6 is 0 Å². The van der Waals surface area contributed by atoms with Gasteiger partial charge in [-0.1, -0.05) is 141 Å². The number of unbranched alkanes of at least 4 members (excludes halogenated alkanes) is 15. The van der Waals surface area contributed by atoms with E-state index in [9.17, 15) is 24.6 Å². The average molecular weight is 818 g/mol. The molecule has 0 aromatic heterocycles. The number of nitrogens with two attached hydrogens (primary N) is 1. The second kappa shape index (κ2) is 33.1. The maximum absolute atomic E-state index is 11.6. The summed E-state index contributed by atoms with van der Waals surface area (Å²) in [6.45, 7) is 11.3. The highest BCUT2D eigenvalue weighted by Crippen LogP contribution is 2.27. The quantitative estimate of drug-likeness (QED) is 0.0312. The molecule has 0 spiro atoms. The molecular formula is C50H75NO8. The summed E-state index contributed by atoms with van der Waals surface area (Å²) >= 11 is 0. The van der Waals surface area contributed by atoms with Crippen molar-refractivity contribution in [3.8, 4) is 11.5 Å². The number of aromatic carboxylic acids is 1. The van der Waals surface area contributed by atoms with Crippen molar-refractivity contribution in [1.82, 2.24) is 0 Å². The standard InChI is InChI=1S/C18H26O3.C17H27NO2.C15H22O3/c1-3-4-5-6-7-8-15-21-18(19)14-11-16-9-12-17(20-2)13-10-16;1-4-5-6-7-8-9-10-14-13(3)16(18)12(2)11-15(14)17(19)20;1-2-3-4-5-6-9-12-18-15(17)13-10-7-8-11-14(13)16/h9-14H,3-8,15H2,1-2H3;11H,4-10,18H2,1-3H3,(H,19,20);7-8,10-11,16H,2-6,9,12H2,1H3. The molecule has 0 unspecified atom stereocenters. The maximum Gasteiger partial charge on any atom is 0.341 e. The topological polar surface area (TPSA) is 145 Å². The molecule has 0 bridgehead atoms. The van der Waals surface area contributed by atoms with Gasteiger partial charge in [0.1, 0.15) is 17.1 Å². The zero-order valence-corrected chi connectivity index (χ0v) is 37.1. The van der Waals surface area contributed by atoms with Crippen LogP contribution in [0.2, 0.25) is 0 Å². The van der Waals surface area contributed by atoms with Crippen molar-refractivity contribution < 1.29 is 38.8 Å². The lowest BCUT2D eigenvalue weighted by Gasteiger charge is -2.14. The van der Waals surface area contributed by atoms with E-state index in [0.29, 0.717) is 18.8 Å². The number of carbonyl (C=O) groups excluding carboxylic acids is 2. The van der Waals surface area contributed by atoms with E-state index in [2.05, 4.69) is 20.8 Å². The van der Waals surface area contributed by atoms with Crippen molar-refractivity contribution in [2.75, 3.05) is 26.1 Å². The molecule has 0 saturated carbocycles. The molecule has 4 N–H and O–H groups in total. The Kier molecular flexibility index (Phi) is 29.3. The van der Waals surface area contributed by atoms with Crippen LogP contribution in [0.25, 0.3) is 6.08 Å². The number of ether oxygens (including phenoxy) is 3. The number of anilines is 1. The predicted molar refractivity (Wildman–Crippen MR) is 242 cm³/mol. The Balaban J connectivity index is 0.000000444. The zero-order valence-electron chi connectivity index (χ0n) is 37.1. The molecule has 328 valence electrons. The number of carbonyl (C=O) groups is 3. The number of esters is 2. The monoisotopic (exact) mass is 818 g/mol. The van der Waals surface area contributed by atoms with Gasteiger partial charge in [0, 0.05) is 11.8 Å². The van der Waals surface area contributed by atoms with Crippen LogP contribution in [0.3, 0.4) is 0 Å². The summed E-state index contributed by atoms with van der Waals surface area (Å²) in [5.41, 5.74) is 11.1. The van der Waals surface area contributed by atoms with Crippen molar-refractivity contribution in [2.24, 2.45) is 0 Å². The van der Waals surface area contributed by atoms with Gasteiger partial charge in [0.25, 0.3) is 0 Å². The van der Waals surface area contributed by atoms with Crippen LogP contribution in [-0.2, 0) is 20.7 Å². The molecule has 0 aliphatic carbocycles. The number of carboxylic acids is 1. The van der Waals surface area contributed by atoms with Crippen LogP contribution in [0, 0.1) is 13.8 Å². The molecule has 59 heavy (non-hydrogen) atoms. The summed E-state index contributed by atoms with van der Waals surface area (Å²) in [5, 5.41) is 18.8. The lowest BCUT2D eigenvalue weighted by molar-refractivity contribution is -0.137. The lowest BCUT2D eigenvalue weighted by atomic mass is 9.92. The minimum absolute atomic E-state index is 0.0227. The van der Waals surface area contributed by atoms with Gasteiger partial charge in [-0.25, -0.2) is 14.4 Å². The van der Waals surface area contributed by atoms with E-state index in [-0.39, 0.29) is 17.3 Å². The minimum Gasteiger partial charge on any atom is -0.507 e. The van der Waals surface area contributed by atoms with E-state index < -0.39 is 11.9 Å². The first-order valence-corrected chi connectivity index (χ1v) is 22.1. The summed E-state index contributed by atoms with van der Waals surface area (Å²) in [5.74, 6) is -0.790. The van der Waals surface area contributed by atoms with Crippen molar-refractivity contribution >= 4 is 29.7 Å². The largest absolute Gasteiger partial charge is 0.507 e. The highest BCUT2D eigenvalue weighted by atomic mass is 16.5. The SMILES string of the molecule is CCCCCCCCOC(=O)C=Cc1ccc(OC)cc1.CCCCCCCCOC(=O)c1ccccc1O.CCCCCCCCc1c(C(=O)O)cc(C)c(N)c1C. The number of hydrogen-bond donors (Lipinski definition) is 3. The first-order chi connectivity index (χ1) is 28.5. The van der Waals surface area contributed by atoms with Gasteiger partial charge < -0.3 is 30.2 Å². The molecule has 3 rings (SSSR count). The van der Waals surface area contributed by atoms with E-state index >= 15 is 0 Å². The Labute approximate surface area is 355 Å². The molecule has 0 saturated heterocycles. The summed E-state index contributed by atoms with van der Waals surface area (Å²) in [7, 11) is 1.63. The molecule has 3 aromatic rings. The number of phenolic OH excluding ortho intramolecular Hbond substituents is 1. The molecule has 0 amide bonds. The molecular weight excluding hydrogens is 743 g/mol. The number of carboxylic acid groups (broad SMARTS) is 1. The summed E-state index contributed by atoms with van der Waals surface area (Å²) in [4.78, 5) is 34.5. The predicted octanol–water partition coefficient (Wildman–Crippen LogP) is 13.0. The fraction of sp³-hybridized carbons (Fsp3) is 0.540. The molecule has 9 nitrogen and oxygen atoms in total. The summed E-state index contributed by atoms with van der Waals surface area (Å²) in [6, 6.07) is 15.7. The Morgan fingerprint density at radius 2 is 1.17 bits per heavy atom. The van der Waals surface area contributed by atoms with Gasteiger partial charge in [-0.2, -0.15) is 0 Å². The van der Waals surface area contributed by atoms with Crippen LogP contribution in [-0.4, -0.2) is 48.4 Å². The van der Waals surface area contributed by atoms with Gasteiger partial charge in [-0.3, -0.25) is 0 Å². The van der Waals surface area contributed by atoms with Gasteiger partial charge in [0.15, 0.2) is 0 Å². The molecule has 3 aromatic carbocycles. The molecule has 9 heteroatoms. The molecule has 0 aliphatic heterocycles.